The lowest BCUT2D eigenvalue weighted by molar-refractivity contribution is 0.482. The lowest BCUT2D eigenvalue weighted by Crippen LogP contribution is -2.17. The molecule has 1 aliphatic rings. The number of benzene rings is 2. The Morgan fingerprint density at radius 1 is 1.00 bits per heavy atom. The first-order valence-electron chi connectivity index (χ1n) is 6.08. The third kappa shape index (κ3) is 1.52. The van der Waals surface area contributed by atoms with Gasteiger partial charge in [-0.25, -0.2) is 0 Å². The van der Waals surface area contributed by atoms with E-state index in [0.29, 0.717) is 0 Å². The number of hydrogen-bond donors (Lipinski definition) is 1. The molecule has 1 heteroatoms. The minimum absolute atomic E-state index is 0.741. The van der Waals surface area contributed by atoms with Gasteiger partial charge in [0.15, 0.2) is 0 Å². The summed E-state index contributed by atoms with van der Waals surface area (Å²) in [6.45, 7) is 0.808. The van der Waals surface area contributed by atoms with Crippen molar-refractivity contribution >= 4 is 10.8 Å². The first kappa shape index (κ1) is 9.86. The molecule has 0 unspecified atom stereocenters. The molecule has 0 atom stereocenters. The van der Waals surface area contributed by atoms with Crippen LogP contribution in [0.4, 0.5) is 0 Å². The average molecular weight is 211 g/mol. The molecule has 2 aromatic carbocycles. The van der Waals surface area contributed by atoms with Crippen molar-refractivity contribution in [1.82, 2.24) is 0 Å². The van der Waals surface area contributed by atoms with Gasteiger partial charge in [0.05, 0.1) is 0 Å². The van der Waals surface area contributed by atoms with Crippen LogP contribution in [0.25, 0.3) is 10.8 Å². The van der Waals surface area contributed by atoms with Crippen LogP contribution in [-0.4, -0.2) is 6.54 Å². The van der Waals surface area contributed by atoms with Gasteiger partial charge in [-0.3, -0.25) is 0 Å². The van der Waals surface area contributed by atoms with Crippen LogP contribution in [0.5, 0.6) is 0 Å². The molecular formula is C15H17N. The quantitative estimate of drug-likeness (QED) is 0.812. The predicted octanol–water partition coefficient (Wildman–Crippen LogP) is 2.90. The fourth-order valence-electron chi connectivity index (χ4n) is 2.98. The van der Waals surface area contributed by atoms with E-state index in [1.165, 1.54) is 34.7 Å². The van der Waals surface area contributed by atoms with E-state index >= 15 is 0 Å². The molecule has 3 rings (SSSR count). The van der Waals surface area contributed by atoms with E-state index in [1.54, 1.807) is 0 Å². The number of nitrogens with two attached hydrogens (primary N) is 1. The predicted molar refractivity (Wildman–Crippen MR) is 68.5 cm³/mol. The van der Waals surface area contributed by atoms with Crippen LogP contribution in [-0.2, 0) is 12.8 Å². The molecule has 0 amide bonds. The average Bonchev–Trinajstić information content (AvgIpc) is 2.30. The Kier molecular flexibility index (Phi) is 2.41. The molecule has 2 aromatic rings. The highest BCUT2D eigenvalue weighted by Gasteiger charge is 2.19. The molecule has 0 fully saturated rings. The van der Waals surface area contributed by atoms with Crippen molar-refractivity contribution in [1.29, 1.82) is 0 Å². The summed E-state index contributed by atoms with van der Waals surface area (Å²) in [5.41, 5.74) is 8.70. The molecule has 16 heavy (non-hydrogen) atoms. The van der Waals surface area contributed by atoms with E-state index in [0.717, 1.165) is 18.9 Å². The van der Waals surface area contributed by atoms with E-state index in [-0.39, 0.29) is 0 Å². The standard InChI is InChI=1S/C15H17N/c16-8-7-11-9-13-5-1-3-12-4-2-6-14(10-11)15(12)13/h1-6,11H,7-10,16H2. The zero-order chi connectivity index (χ0) is 11.0. The zero-order valence-electron chi connectivity index (χ0n) is 9.45. The summed E-state index contributed by atoms with van der Waals surface area (Å²) in [5.74, 6) is 0.741. The SMILES string of the molecule is NCCC1Cc2cccc3cccc(c23)C1. The third-order valence-corrected chi connectivity index (χ3v) is 3.67. The largest absolute Gasteiger partial charge is 0.330 e. The maximum atomic E-state index is 5.68. The maximum absolute atomic E-state index is 5.68. The van der Waals surface area contributed by atoms with Crippen molar-refractivity contribution < 1.29 is 0 Å². The lowest BCUT2D eigenvalue weighted by atomic mass is 9.80. The van der Waals surface area contributed by atoms with Crippen LogP contribution in [0.2, 0.25) is 0 Å². The summed E-state index contributed by atoms with van der Waals surface area (Å²) < 4.78 is 0. The maximum Gasteiger partial charge on any atom is -0.00744 e. The van der Waals surface area contributed by atoms with Gasteiger partial charge in [0.1, 0.15) is 0 Å². The van der Waals surface area contributed by atoms with Gasteiger partial charge in [0.25, 0.3) is 0 Å². The van der Waals surface area contributed by atoms with Crippen LogP contribution in [0.1, 0.15) is 17.5 Å². The van der Waals surface area contributed by atoms with Crippen molar-refractivity contribution in [3.63, 3.8) is 0 Å². The molecule has 1 nitrogen and oxygen atoms in total. The molecule has 0 aliphatic heterocycles. The molecule has 82 valence electrons. The molecule has 0 bridgehead atoms. The van der Waals surface area contributed by atoms with E-state index in [4.69, 9.17) is 5.73 Å². The van der Waals surface area contributed by atoms with E-state index < -0.39 is 0 Å². The van der Waals surface area contributed by atoms with Crippen LogP contribution >= 0.6 is 0 Å². The molecule has 0 aromatic heterocycles. The monoisotopic (exact) mass is 211 g/mol. The minimum Gasteiger partial charge on any atom is -0.330 e. The third-order valence-electron chi connectivity index (χ3n) is 3.67. The normalized spacial score (nSPS) is 15.6. The molecule has 1 aliphatic carbocycles. The second-order valence-corrected chi connectivity index (χ2v) is 4.78. The fraction of sp³-hybridized carbons (Fsp3) is 0.333. The Bertz CT molecular complexity index is 475. The highest BCUT2D eigenvalue weighted by atomic mass is 14.5. The van der Waals surface area contributed by atoms with Gasteiger partial charge in [0, 0.05) is 0 Å². The Labute approximate surface area is 96.3 Å². The molecule has 0 spiro atoms. The van der Waals surface area contributed by atoms with Gasteiger partial charge < -0.3 is 5.73 Å². The molecule has 0 radical (unpaired) electrons. The topological polar surface area (TPSA) is 26.0 Å². The lowest BCUT2D eigenvalue weighted by Gasteiger charge is -2.24. The minimum atomic E-state index is 0.741. The highest BCUT2D eigenvalue weighted by Crippen LogP contribution is 2.33. The van der Waals surface area contributed by atoms with E-state index in [1.807, 2.05) is 0 Å². The molecule has 0 saturated carbocycles. The van der Waals surface area contributed by atoms with Crippen molar-refractivity contribution in [2.75, 3.05) is 6.54 Å². The van der Waals surface area contributed by atoms with E-state index in [2.05, 4.69) is 36.4 Å². The number of rotatable bonds is 2. The molecular weight excluding hydrogens is 194 g/mol. The van der Waals surface area contributed by atoms with Crippen molar-refractivity contribution in [2.45, 2.75) is 19.3 Å². The summed E-state index contributed by atoms with van der Waals surface area (Å²) in [4.78, 5) is 0. The Balaban J connectivity index is 2.12. The first-order valence-corrected chi connectivity index (χ1v) is 6.08. The van der Waals surface area contributed by atoms with Crippen LogP contribution < -0.4 is 5.73 Å². The smallest absolute Gasteiger partial charge is 0.00744 e. The van der Waals surface area contributed by atoms with Gasteiger partial charge >= 0.3 is 0 Å². The highest BCUT2D eigenvalue weighted by molar-refractivity contribution is 5.89. The zero-order valence-corrected chi connectivity index (χ0v) is 9.45. The molecule has 0 saturated heterocycles. The van der Waals surface area contributed by atoms with Crippen molar-refractivity contribution in [3.05, 3.63) is 47.5 Å². The molecule has 2 N–H and O–H groups in total. The van der Waals surface area contributed by atoms with Gasteiger partial charge in [-0.2, -0.15) is 0 Å². The Morgan fingerprint density at radius 3 is 2.19 bits per heavy atom. The molecule has 0 heterocycles. The second-order valence-electron chi connectivity index (χ2n) is 4.78. The van der Waals surface area contributed by atoms with Gasteiger partial charge in [-0.1, -0.05) is 36.4 Å². The summed E-state index contributed by atoms with van der Waals surface area (Å²) in [6.07, 6.45) is 3.54. The Hall–Kier alpha value is -1.34. The van der Waals surface area contributed by atoms with Gasteiger partial charge in [0.2, 0.25) is 0 Å². The Morgan fingerprint density at radius 2 is 1.62 bits per heavy atom. The summed E-state index contributed by atoms with van der Waals surface area (Å²) in [7, 11) is 0. The van der Waals surface area contributed by atoms with Crippen LogP contribution in [0.15, 0.2) is 36.4 Å². The van der Waals surface area contributed by atoms with Gasteiger partial charge in [-0.15, -0.1) is 0 Å². The van der Waals surface area contributed by atoms with E-state index in [9.17, 15) is 0 Å². The van der Waals surface area contributed by atoms with Crippen LogP contribution in [0.3, 0.4) is 0 Å². The second kappa shape index (κ2) is 3.91. The van der Waals surface area contributed by atoms with Gasteiger partial charge in [-0.05, 0) is 53.6 Å². The summed E-state index contributed by atoms with van der Waals surface area (Å²) in [5, 5.41) is 2.89. The van der Waals surface area contributed by atoms with Crippen LogP contribution in [0, 0.1) is 5.92 Å². The summed E-state index contributed by atoms with van der Waals surface area (Å²) >= 11 is 0. The number of hydrogen-bond acceptors (Lipinski definition) is 1. The van der Waals surface area contributed by atoms with Crippen molar-refractivity contribution in [2.24, 2.45) is 11.7 Å². The van der Waals surface area contributed by atoms with Crippen molar-refractivity contribution in [3.8, 4) is 0 Å². The summed E-state index contributed by atoms with van der Waals surface area (Å²) in [6, 6.07) is 13.3. The first-order chi connectivity index (χ1) is 7.88. The fourth-order valence-corrected chi connectivity index (χ4v) is 2.98.